The van der Waals surface area contributed by atoms with Gasteiger partial charge in [-0.3, -0.25) is 4.98 Å². The van der Waals surface area contributed by atoms with Gasteiger partial charge in [0, 0.05) is 67.7 Å². The highest BCUT2D eigenvalue weighted by atomic mass is 19.4. The van der Waals surface area contributed by atoms with Gasteiger partial charge in [0.2, 0.25) is 0 Å². The molecule has 46 heavy (non-hydrogen) atoms. The molecule has 1 aliphatic heterocycles. The summed E-state index contributed by atoms with van der Waals surface area (Å²) in [5.41, 5.74) is 6.14. The van der Waals surface area contributed by atoms with E-state index >= 15 is 0 Å². The zero-order valence-corrected chi connectivity index (χ0v) is 27.9. The van der Waals surface area contributed by atoms with Gasteiger partial charge >= 0.3 is 12.1 Å². The molecule has 2 unspecified atom stereocenters. The average Bonchev–Trinajstić information content (AvgIpc) is 3.33. The summed E-state index contributed by atoms with van der Waals surface area (Å²) in [7, 11) is 0. The Morgan fingerprint density at radius 3 is 2.24 bits per heavy atom. The molecule has 0 aromatic carbocycles. The van der Waals surface area contributed by atoms with Gasteiger partial charge in [0.15, 0.2) is 0 Å². The Kier molecular flexibility index (Phi) is 17.4. The molecule has 4 rings (SSSR count). The standard InChI is InChI=1S/C15H25N3O.C11H13FN2.C5H10O.C2HF3O2/c1-4-5-13-11(2)16-7-6-15(13)18-9-8-17-14(10-18)12(3)19;1-3-4-9-7-14-6-8(2)13-11(14)5-10(9)12;1-3-4-5(2)6;3-2(4,5)1(6)7/h6-7,12,14,17,19H,4-5,8-10H2,1-3H3;5-7H,3-4H2,1-2H3;3-4H2,1-2H3;(H,6,7). The predicted octanol–water partition coefficient (Wildman–Crippen LogP) is 6.24. The molecular formula is C33H49F4N5O4. The second-order valence-electron chi connectivity index (χ2n) is 11.2. The Labute approximate surface area is 269 Å². The lowest BCUT2D eigenvalue weighted by atomic mass is 10.0. The number of rotatable bonds is 8. The fraction of sp³-hybridized carbons (Fsp3) is 0.576. The Morgan fingerprint density at radius 1 is 1.11 bits per heavy atom. The molecule has 4 heterocycles. The molecular weight excluding hydrogens is 606 g/mol. The van der Waals surface area contributed by atoms with Crippen molar-refractivity contribution >= 4 is 23.1 Å². The van der Waals surface area contributed by atoms with Crippen LogP contribution in [-0.2, 0) is 22.4 Å². The van der Waals surface area contributed by atoms with Crippen molar-refractivity contribution in [2.24, 2.45) is 0 Å². The molecule has 0 amide bonds. The molecule has 13 heteroatoms. The number of aliphatic hydroxyl groups excluding tert-OH is 1. The van der Waals surface area contributed by atoms with E-state index in [0.717, 1.165) is 75.1 Å². The molecule has 0 radical (unpaired) electrons. The highest BCUT2D eigenvalue weighted by Gasteiger charge is 2.38. The molecule has 1 saturated heterocycles. The number of anilines is 1. The van der Waals surface area contributed by atoms with E-state index in [1.165, 1.54) is 17.3 Å². The number of carboxylic acid groups (broad SMARTS) is 1. The first kappa shape index (κ1) is 40.4. The second-order valence-corrected chi connectivity index (χ2v) is 11.2. The van der Waals surface area contributed by atoms with Crippen LogP contribution in [0.5, 0.6) is 0 Å². The number of ketones is 1. The smallest absolute Gasteiger partial charge is 0.475 e. The van der Waals surface area contributed by atoms with Crippen LogP contribution in [0.15, 0.2) is 30.7 Å². The van der Waals surface area contributed by atoms with Gasteiger partial charge in [-0.2, -0.15) is 13.2 Å². The number of imidazole rings is 1. The number of carbonyl (C=O) groups is 2. The van der Waals surface area contributed by atoms with E-state index < -0.39 is 12.1 Å². The van der Waals surface area contributed by atoms with Crippen molar-refractivity contribution in [1.29, 1.82) is 0 Å². The number of aliphatic carboxylic acids is 1. The van der Waals surface area contributed by atoms with Gasteiger partial charge < -0.3 is 29.6 Å². The normalized spacial score (nSPS) is 15.0. The fourth-order valence-corrected chi connectivity index (χ4v) is 4.74. The van der Waals surface area contributed by atoms with Crippen LogP contribution in [0, 0.1) is 19.7 Å². The molecule has 0 bridgehead atoms. The minimum absolute atomic E-state index is 0.148. The SMILES string of the molecule is CCCC(C)=O.CCCc1c(N2CCNC(C(C)O)C2)ccnc1C.CCCc1cn2cc(C)nc2cc1F.O=C(O)C(F)(F)F. The number of hydrogen-bond acceptors (Lipinski definition) is 7. The van der Waals surface area contributed by atoms with Crippen molar-refractivity contribution in [2.45, 2.75) is 105 Å². The minimum Gasteiger partial charge on any atom is -0.475 e. The molecule has 3 aromatic rings. The summed E-state index contributed by atoms with van der Waals surface area (Å²) in [5.74, 6) is -2.62. The number of halogens is 4. The van der Waals surface area contributed by atoms with Gasteiger partial charge in [-0.25, -0.2) is 14.2 Å². The Hall–Kier alpha value is -3.58. The van der Waals surface area contributed by atoms with Crippen LogP contribution in [0.2, 0.25) is 0 Å². The topological polar surface area (TPSA) is 120 Å². The molecule has 0 spiro atoms. The number of pyridine rings is 2. The number of carboxylic acids is 1. The van der Waals surface area contributed by atoms with Crippen LogP contribution in [-0.4, -0.2) is 74.3 Å². The van der Waals surface area contributed by atoms with Crippen LogP contribution in [0.4, 0.5) is 23.2 Å². The Morgan fingerprint density at radius 2 is 1.74 bits per heavy atom. The summed E-state index contributed by atoms with van der Waals surface area (Å²) < 4.78 is 47.1. The monoisotopic (exact) mass is 655 g/mol. The molecule has 2 atom stereocenters. The number of aryl methyl sites for hydroxylation is 3. The fourth-order valence-electron chi connectivity index (χ4n) is 4.74. The first-order valence-electron chi connectivity index (χ1n) is 15.6. The van der Waals surface area contributed by atoms with Crippen molar-refractivity contribution in [3.63, 3.8) is 0 Å². The highest BCUT2D eigenvalue weighted by molar-refractivity contribution is 5.75. The Bertz CT molecular complexity index is 1380. The van der Waals surface area contributed by atoms with Crippen LogP contribution in [0.3, 0.4) is 0 Å². The van der Waals surface area contributed by atoms with E-state index in [9.17, 15) is 27.5 Å². The predicted molar refractivity (Wildman–Crippen MR) is 172 cm³/mol. The van der Waals surface area contributed by atoms with Gasteiger partial charge in [-0.1, -0.05) is 33.6 Å². The van der Waals surface area contributed by atoms with Crippen LogP contribution >= 0.6 is 0 Å². The number of fused-ring (bicyclic) bond motifs is 1. The summed E-state index contributed by atoms with van der Waals surface area (Å²) in [4.78, 5) is 29.9. The molecule has 258 valence electrons. The molecule has 3 N–H and O–H groups in total. The molecule has 0 saturated carbocycles. The van der Waals surface area contributed by atoms with Crippen molar-refractivity contribution in [3.05, 3.63) is 59.1 Å². The maximum Gasteiger partial charge on any atom is 0.490 e. The number of piperazine rings is 1. The maximum absolute atomic E-state index is 13.5. The number of aliphatic hydroxyl groups is 1. The van der Waals surface area contributed by atoms with Gasteiger partial charge in [-0.05, 0) is 58.6 Å². The summed E-state index contributed by atoms with van der Waals surface area (Å²) in [6, 6.07) is 3.76. The average molecular weight is 656 g/mol. The largest absolute Gasteiger partial charge is 0.490 e. The molecule has 1 fully saturated rings. The molecule has 0 aliphatic carbocycles. The van der Waals surface area contributed by atoms with Crippen molar-refractivity contribution < 1.29 is 37.4 Å². The lowest BCUT2D eigenvalue weighted by molar-refractivity contribution is -0.192. The number of aromatic nitrogens is 3. The quantitative estimate of drug-likeness (QED) is 0.244. The second kappa shape index (κ2) is 19.8. The number of alkyl halides is 3. The lowest BCUT2D eigenvalue weighted by Crippen LogP contribution is -2.55. The maximum atomic E-state index is 13.5. The zero-order valence-electron chi connectivity index (χ0n) is 27.9. The van der Waals surface area contributed by atoms with Crippen LogP contribution < -0.4 is 10.2 Å². The van der Waals surface area contributed by atoms with E-state index in [4.69, 9.17) is 9.90 Å². The van der Waals surface area contributed by atoms with E-state index in [2.05, 4.69) is 40.1 Å². The molecule has 9 nitrogen and oxygen atoms in total. The van der Waals surface area contributed by atoms with Gasteiger partial charge in [0.1, 0.15) is 17.2 Å². The molecule has 1 aliphatic rings. The van der Waals surface area contributed by atoms with Gasteiger partial charge in [0.05, 0.1) is 17.8 Å². The third-order valence-electron chi connectivity index (χ3n) is 6.98. The van der Waals surface area contributed by atoms with Crippen LogP contribution in [0.1, 0.15) is 82.8 Å². The third kappa shape index (κ3) is 13.8. The highest BCUT2D eigenvalue weighted by Crippen LogP contribution is 2.25. The van der Waals surface area contributed by atoms with Crippen molar-refractivity contribution in [2.75, 3.05) is 24.5 Å². The number of Topliss-reactive ketones (excluding diaryl/α,β-unsaturated/α-hetero) is 1. The number of nitrogens with zero attached hydrogens (tertiary/aromatic N) is 4. The van der Waals surface area contributed by atoms with E-state index in [-0.39, 0.29) is 23.7 Å². The first-order valence-corrected chi connectivity index (χ1v) is 15.6. The molecule has 3 aromatic heterocycles. The van der Waals surface area contributed by atoms with E-state index in [1.54, 1.807) is 6.92 Å². The number of carbonyl (C=O) groups excluding carboxylic acids is 1. The zero-order chi connectivity index (χ0) is 35.0. The van der Waals surface area contributed by atoms with Crippen molar-refractivity contribution in [1.82, 2.24) is 19.7 Å². The summed E-state index contributed by atoms with van der Waals surface area (Å²) in [6.45, 7) is 16.5. The number of hydrogen-bond donors (Lipinski definition) is 3. The van der Waals surface area contributed by atoms with E-state index in [1.807, 2.05) is 50.7 Å². The summed E-state index contributed by atoms with van der Waals surface area (Å²) in [6.07, 6.45) is 5.87. The summed E-state index contributed by atoms with van der Waals surface area (Å²) >= 11 is 0. The lowest BCUT2D eigenvalue weighted by Gasteiger charge is -2.37. The minimum atomic E-state index is -5.08. The number of nitrogens with one attached hydrogen (secondary N) is 1. The Balaban J connectivity index is 0.000000342. The van der Waals surface area contributed by atoms with Gasteiger partial charge in [-0.15, -0.1) is 0 Å². The van der Waals surface area contributed by atoms with Crippen LogP contribution in [0.25, 0.3) is 5.65 Å². The third-order valence-corrected chi connectivity index (χ3v) is 6.98. The first-order chi connectivity index (χ1) is 21.5. The van der Waals surface area contributed by atoms with E-state index in [0.29, 0.717) is 5.65 Å². The summed E-state index contributed by atoms with van der Waals surface area (Å²) in [5, 5.41) is 20.3. The van der Waals surface area contributed by atoms with Gasteiger partial charge in [0.25, 0.3) is 0 Å². The van der Waals surface area contributed by atoms with Crippen molar-refractivity contribution in [3.8, 4) is 0 Å².